The molecule has 9 nitrogen and oxygen atoms in total. The molecular formula is C25H22N4O5S. The smallest absolute Gasteiger partial charge is 0.341 e. The molecule has 1 atom stereocenters. The predicted molar refractivity (Wildman–Crippen MR) is 131 cm³/mol. The third-order valence-corrected chi connectivity index (χ3v) is 6.03. The third kappa shape index (κ3) is 5.61. The first kappa shape index (κ1) is 23.8. The second-order valence-electron chi connectivity index (χ2n) is 7.35. The van der Waals surface area contributed by atoms with Gasteiger partial charge in [0.1, 0.15) is 17.1 Å². The lowest BCUT2D eigenvalue weighted by molar-refractivity contribution is -0.123. The minimum absolute atomic E-state index is 0.197. The van der Waals surface area contributed by atoms with Crippen molar-refractivity contribution in [3.8, 4) is 16.3 Å². The van der Waals surface area contributed by atoms with Crippen LogP contribution in [0.25, 0.3) is 16.3 Å². The molecule has 0 spiro atoms. The number of carbonyl (C=O) groups is 3. The van der Waals surface area contributed by atoms with Gasteiger partial charge in [-0.25, -0.2) is 19.6 Å². The molecule has 0 aliphatic carbocycles. The van der Waals surface area contributed by atoms with E-state index in [4.69, 9.17) is 9.47 Å². The monoisotopic (exact) mass is 490 g/mol. The minimum atomic E-state index is -1.12. The molecule has 35 heavy (non-hydrogen) atoms. The number of nitrogens with one attached hydrogen (secondary N) is 1. The second-order valence-corrected chi connectivity index (χ2v) is 8.40. The molecule has 4 rings (SSSR count). The van der Waals surface area contributed by atoms with E-state index < -0.39 is 23.9 Å². The molecule has 0 unspecified atom stereocenters. The number of thiophene rings is 1. The molecule has 0 saturated carbocycles. The van der Waals surface area contributed by atoms with Crippen LogP contribution in [-0.2, 0) is 14.3 Å². The molecule has 0 saturated heterocycles. The number of aromatic nitrogens is 3. The number of esters is 2. The maximum absolute atomic E-state index is 12.8. The van der Waals surface area contributed by atoms with Crippen LogP contribution < -0.4 is 5.32 Å². The van der Waals surface area contributed by atoms with E-state index in [2.05, 4.69) is 15.3 Å². The van der Waals surface area contributed by atoms with Gasteiger partial charge < -0.3 is 14.8 Å². The number of carbonyl (C=O) groups excluding carboxylic acids is 3. The first-order chi connectivity index (χ1) is 17.0. The Morgan fingerprint density at radius 3 is 2.57 bits per heavy atom. The number of ether oxygens (including phenoxy) is 2. The van der Waals surface area contributed by atoms with Crippen molar-refractivity contribution in [3.63, 3.8) is 0 Å². The number of rotatable bonds is 8. The fourth-order valence-corrected chi connectivity index (χ4v) is 4.19. The number of benzene rings is 1. The van der Waals surface area contributed by atoms with E-state index in [0.717, 1.165) is 10.4 Å². The van der Waals surface area contributed by atoms with Gasteiger partial charge in [0.25, 0.3) is 5.91 Å². The van der Waals surface area contributed by atoms with Crippen LogP contribution in [-0.4, -0.2) is 45.1 Å². The fraction of sp³-hybridized carbons (Fsp3) is 0.160. The zero-order chi connectivity index (χ0) is 24.8. The SMILES string of the molecule is CCOC(=O)c1cc(-c2ccccc2)sc1NC(=O)[C@H](C)OC(=O)c1ccc(-n2ccnc2)nc1. The maximum atomic E-state index is 12.8. The van der Waals surface area contributed by atoms with Crippen LogP contribution in [0.5, 0.6) is 0 Å². The Balaban J connectivity index is 1.46. The zero-order valence-corrected chi connectivity index (χ0v) is 19.8. The molecule has 1 N–H and O–H groups in total. The summed E-state index contributed by atoms with van der Waals surface area (Å²) >= 11 is 1.24. The van der Waals surface area contributed by atoms with Crippen molar-refractivity contribution in [2.45, 2.75) is 20.0 Å². The van der Waals surface area contributed by atoms with Gasteiger partial charge in [-0.15, -0.1) is 11.3 Å². The van der Waals surface area contributed by atoms with Gasteiger partial charge in [-0.3, -0.25) is 9.36 Å². The average molecular weight is 491 g/mol. The van der Waals surface area contributed by atoms with Gasteiger partial charge in [-0.2, -0.15) is 0 Å². The Labute approximate surface area is 205 Å². The number of hydrogen-bond donors (Lipinski definition) is 1. The highest BCUT2D eigenvalue weighted by Gasteiger charge is 2.24. The van der Waals surface area contributed by atoms with Crippen LogP contribution in [0.15, 0.2) is 73.4 Å². The summed E-state index contributed by atoms with van der Waals surface area (Å²) in [7, 11) is 0. The Kier molecular flexibility index (Phi) is 7.32. The molecule has 0 radical (unpaired) electrons. The zero-order valence-electron chi connectivity index (χ0n) is 19.0. The molecule has 0 bridgehead atoms. The van der Waals surface area contributed by atoms with Crippen molar-refractivity contribution in [2.24, 2.45) is 0 Å². The number of imidazole rings is 1. The first-order valence-electron chi connectivity index (χ1n) is 10.8. The number of hydrogen-bond acceptors (Lipinski definition) is 8. The van der Waals surface area contributed by atoms with E-state index in [1.807, 2.05) is 30.3 Å². The van der Waals surface area contributed by atoms with E-state index in [9.17, 15) is 14.4 Å². The van der Waals surface area contributed by atoms with Crippen LogP contribution in [0.3, 0.4) is 0 Å². The highest BCUT2D eigenvalue weighted by molar-refractivity contribution is 7.20. The van der Waals surface area contributed by atoms with E-state index in [0.29, 0.717) is 10.8 Å². The average Bonchev–Trinajstić information content (AvgIpc) is 3.55. The largest absolute Gasteiger partial charge is 0.462 e. The van der Waals surface area contributed by atoms with Gasteiger partial charge in [0, 0.05) is 23.5 Å². The molecule has 1 amide bonds. The van der Waals surface area contributed by atoms with Crippen LogP contribution in [0.2, 0.25) is 0 Å². The summed E-state index contributed by atoms with van der Waals surface area (Å²) in [6.07, 6.45) is 5.18. The van der Waals surface area contributed by atoms with E-state index >= 15 is 0 Å². The lowest BCUT2D eigenvalue weighted by atomic mass is 10.1. The molecule has 178 valence electrons. The van der Waals surface area contributed by atoms with Crippen molar-refractivity contribution in [2.75, 3.05) is 11.9 Å². The molecule has 0 fully saturated rings. The van der Waals surface area contributed by atoms with Crippen molar-refractivity contribution in [1.29, 1.82) is 0 Å². The molecule has 3 aromatic heterocycles. The standard InChI is InChI=1S/C25H22N4O5S/c1-3-33-25(32)19-13-20(17-7-5-4-6-8-17)35-23(19)28-22(30)16(2)34-24(31)18-9-10-21(27-14-18)29-12-11-26-15-29/h4-16H,3H2,1-2H3,(H,28,30)/t16-/m0/s1. The highest BCUT2D eigenvalue weighted by atomic mass is 32.1. The van der Waals surface area contributed by atoms with Crippen molar-refractivity contribution in [3.05, 3.63) is 84.6 Å². The van der Waals surface area contributed by atoms with Gasteiger partial charge in [-0.1, -0.05) is 30.3 Å². The number of pyridine rings is 1. The maximum Gasteiger partial charge on any atom is 0.341 e. The van der Waals surface area contributed by atoms with Gasteiger partial charge in [0.15, 0.2) is 6.10 Å². The van der Waals surface area contributed by atoms with Crippen LogP contribution in [0.1, 0.15) is 34.6 Å². The molecular weight excluding hydrogens is 468 g/mol. The van der Waals surface area contributed by atoms with Crippen molar-refractivity contribution in [1.82, 2.24) is 14.5 Å². The summed E-state index contributed by atoms with van der Waals surface area (Å²) in [5.41, 5.74) is 1.33. The second kappa shape index (κ2) is 10.7. The van der Waals surface area contributed by atoms with Gasteiger partial charge in [0.2, 0.25) is 0 Å². The molecule has 0 aliphatic rings. The number of nitrogens with zero attached hydrogens (tertiary/aromatic N) is 3. The summed E-state index contributed by atoms with van der Waals surface area (Å²) < 4.78 is 12.1. The van der Waals surface area contributed by atoms with E-state index in [-0.39, 0.29) is 17.7 Å². The lowest BCUT2D eigenvalue weighted by Gasteiger charge is -2.13. The Hall–Kier alpha value is -4.31. The molecule has 1 aromatic carbocycles. The Bertz CT molecular complexity index is 1320. The molecule has 3 heterocycles. The number of amides is 1. The minimum Gasteiger partial charge on any atom is -0.462 e. The van der Waals surface area contributed by atoms with Gasteiger partial charge >= 0.3 is 11.9 Å². The van der Waals surface area contributed by atoms with Crippen LogP contribution >= 0.6 is 11.3 Å². The summed E-state index contributed by atoms with van der Waals surface area (Å²) in [5.74, 6) is -1.23. The van der Waals surface area contributed by atoms with Crippen LogP contribution in [0, 0.1) is 0 Å². The molecule has 0 aliphatic heterocycles. The molecule has 4 aromatic rings. The number of anilines is 1. The summed E-state index contributed by atoms with van der Waals surface area (Å²) in [6.45, 7) is 3.36. The Morgan fingerprint density at radius 2 is 1.91 bits per heavy atom. The Morgan fingerprint density at radius 1 is 1.11 bits per heavy atom. The van der Waals surface area contributed by atoms with Crippen LogP contribution in [0.4, 0.5) is 5.00 Å². The summed E-state index contributed by atoms with van der Waals surface area (Å²) in [5, 5.41) is 3.02. The predicted octanol–water partition coefficient (Wildman–Crippen LogP) is 4.36. The van der Waals surface area contributed by atoms with Gasteiger partial charge in [0.05, 0.1) is 17.7 Å². The fourth-order valence-electron chi connectivity index (χ4n) is 3.14. The summed E-state index contributed by atoms with van der Waals surface area (Å²) in [4.78, 5) is 46.8. The summed E-state index contributed by atoms with van der Waals surface area (Å²) in [6, 6.07) is 14.3. The lowest BCUT2D eigenvalue weighted by Crippen LogP contribution is -2.30. The van der Waals surface area contributed by atoms with E-state index in [1.165, 1.54) is 24.5 Å². The quantitative estimate of drug-likeness (QED) is 0.365. The van der Waals surface area contributed by atoms with Crippen molar-refractivity contribution >= 4 is 34.2 Å². The topological polar surface area (TPSA) is 112 Å². The normalized spacial score (nSPS) is 11.5. The van der Waals surface area contributed by atoms with E-state index in [1.54, 1.807) is 48.4 Å². The van der Waals surface area contributed by atoms with Crippen molar-refractivity contribution < 1.29 is 23.9 Å². The first-order valence-corrected chi connectivity index (χ1v) is 11.6. The highest BCUT2D eigenvalue weighted by Crippen LogP contribution is 2.36. The van der Waals surface area contributed by atoms with Gasteiger partial charge in [-0.05, 0) is 37.6 Å². The molecule has 10 heteroatoms. The third-order valence-electron chi connectivity index (χ3n) is 4.93.